The van der Waals surface area contributed by atoms with Gasteiger partial charge in [0.25, 0.3) is 0 Å². The average Bonchev–Trinajstić information content (AvgIpc) is 2.63. The average molecular weight is 240 g/mol. The number of hydrogen-bond donors (Lipinski definition) is 2. The summed E-state index contributed by atoms with van der Waals surface area (Å²) < 4.78 is 12.8. The molecular formula is C11H13FN2OS. The second-order valence-corrected chi connectivity index (χ2v) is 4.86. The third kappa shape index (κ3) is 2.66. The van der Waals surface area contributed by atoms with Crippen LogP contribution >= 0.6 is 11.8 Å². The molecule has 1 fully saturated rings. The Kier molecular flexibility index (Phi) is 3.33. The molecule has 1 unspecified atom stereocenters. The molecule has 0 radical (unpaired) electrons. The van der Waals surface area contributed by atoms with Gasteiger partial charge in [0.1, 0.15) is 5.82 Å². The first-order chi connectivity index (χ1) is 7.65. The molecule has 1 aliphatic heterocycles. The minimum atomic E-state index is -0.323. The normalized spacial score (nSPS) is 19.8. The lowest BCUT2D eigenvalue weighted by molar-refractivity contribution is -0.119. The molecule has 1 aromatic rings. The van der Waals surface area contributed by atoms with E-state index in [0.717, 1.165) is 17.1 Å². The van der Waals surface area contributed by atoms with Gasteiger partial charge in [-0.2, -0.15) is 0 Å². The van der Waals surface area contributed by atoms with Gasteiger partial charge in [-0.25, -0.2) is 4.39 Å². The fraction of sp³-hybridized carbons (Fsp3) is 0.364. The van der Waals surface area contributed by atoms with Crippen molar-refractivity contribution >= 4 is 23.4 Å². The monoisotopic (exact) mass is 240 g/mol. The van der Waals surface area contributed by atoms with Crippen molar-refractivity contribution in [2.75, 3.05) is 11.5 Å². The molecule has 1 aromatic carbocycles. The van der Waals surface area contributed by atoms with Crippen LogP contribution in [0.5, 0.6) is 0 Å². The van der Waals surface area contributed by atoms with Crippen molar-refractivity contribution in [1.29, 1.82) is 0 Å². The first kappa shape index (κ1) is 11.3. The molecule has 1 saturated heterocycles. The molecule has 86 valence electrons. The van der Waals surface area contributed by atoms with E-state index in [4.69, 9.17) is 5.73 Å². The SMILES string of the molecule is Nc1cc(F)ccc1SCC1CCC(=O)N1. The Morgan fingerprint density at radius 2 is 2.38 bits per heavy atom. The number of halogens is 1. The molecule has 0 spiro atoms. The van der Waals surface area contributed by atoms with Crippen molar-refractivity contribution in [1.82, 2.24) is 5.32 Å². The Hall–Kier alpha value is -1.23. The highest BCUT2D eigenvalue weighted by Crippen LogP contribution is 2.27. The Morgan fingerprint density at radius 1 is 1.56 bits per heavy atom. The standard InChI is InChI=1S/C11H13FN2OS/c12-7-1-3-10(9(13)5-7)16-6-8-2-4-11(15)14-8/h1,3,5,8H,2,4,6,13H2,(H,14,15). The first-order valence-corrected chi connectivity index (χ1v) is 6.11. The maximum atomic E-state index is 12.8. The molecule has 1 heterocycles. The number of hydrogen-bond acceptors (Lipinski definition) is 3. The lowest BCUT2D eigenvalue weighted by Crippen LogP contribution is -2.27. The summed E-state index contributed by atoms with van der Waals surface area (Å²) >= 11 is 1.55. The Balaban J connectivity index is 1.92. The Bertz CT molecular complexity index is 411. The summed E-state index contributed by atoms with van der Waals surface area (Å²) in [5.74, 6) is 0.565. The second kappa shape index (κ2) is 4.74. The maximum Gasteiger partial charge on any atom is 0.220 e. The maximum absolute atomic E-state index is 12.8. The van der Waals surface area contributed by atoms with Crippen molar-refractivity contribution in [3.63, 3.8) is 0 Å². The third-order valence-electron chi connectivity index (χ3n) is 2.50. The molecular weight excluding hydrogens is 227 g/mol. The zero-order valence-corrected chi connectivity index (χ0v) is 9.52. The van der Waals surface area contributed by atoms with E-state index in [2.05, 4.69) is 5.32 Å². The van der Waals surface area contributed by atoms with E-state index >= 15 is 0 Å². The number of anilines is 1. The van der Waals surface area contributed by atoms with Crippen LogP contribution in [0.4, 0.5) is 10.1 Å². The van der Waals surface area contributed by atoms with Gasteiger partial charge >= 0.3 is 0 Å². The van der Waals surface area contributed by atoms with Crippen LogP contribution < -0.4 is 11.1 Å². The number of benzene rings is 1. The summed E-state index contributed by atoms with van der Waals surface area (Å²) in [5, 5.41) is 2.88. The minimum Gasteiger partial charge on any atom is -0.398 e. The summed E-state index contributed by atoms with van der Waals surface area (Å²) in [7, 11) is 0. The van der Waals surface area contributed by atoms with Crippen LogP contribution in [0.1, 0.15) is 12.8 Å². The van der Waals surface area contributed by atoms with Crippen LogP contribution in [0.3, 0.4) is 0 Å². The molecule has 3 nitrogen and oxygen atoms in total. The van der Waals surface area contributed by atoms with Crippen molar-refractivity contribution in [2.45, 2.75) is 23.8 Å². The van der Waals surface area contributed by atoms with E-state index in [1.165, 1.54) is 12.1 Å². The number of carbonyl (C=O) groups is 1. The molecule has 0 aliphatic carbocycles. The quantitative estimate of drug-likeness (QED) is 0.625. The van der Waals surface area contributed by atoms with Gasteiger partial charge in [-0.1, -0.05) is 0 Å². The Labute approximate surface area is 97.6 Å². The second-order valence-electron chi connectivity index (χ2n) is 3.80. The van der Waals surface area contributed by atoms with Crippen molar-refractivity contribution in [2.24, 2.45) is 0 Å². The van der Waals surface area contributed by atoms with Crippen LogP contribution in [-0.4, -0.2) is 17.7 Å². The molecule has 2 rings (SSSR count). The number of thioether (sulfide) groups is 1. The fourth-order valence-electron chi connectivity index (χ4n) is 1.64. The van der Waals surface area contributed by atoms with Crippen LogP contribution in [0, 0.1) is 5.82 Å². The molecule has 16 heavy (non-hydrogen) atoms. The zero-order valence-electron chi connectivity index (χ0n) is 8.70. The lowest BCUT2D eigenvalue weighted by Gasteiger charge is -2.10. The topological polar surface area (TPSA) is 55.1 Å². The van der Waals surface area contributed by atoms with E-state index in [0.29, 0.717) is 12.1 Å². The molecule has 0 bridgehead atoms. The molecule has 3 N–H and O–H groups in total. The fourth-order valence-corrected chi connectivity index (χ4v) is 2.66. The van der Waals surface area contributed by atoms with E-state index in [1.54, 1.807) is 17.8 Å². The predicted octanol–water partition coefficient (Wildman–Crippen LogP) is 1.78. The number of nitrogens with two attached hydrogens (primary N) is 1. The van der Waals surface area contributed by atoms with Crippen molar-refractivity contribution in [3.8, 4) is 0 Å². The van der Waals surface area contributed by atoms with E-state index in [1.807, 2.05) is 0 Å². The molecule has 1 aliphatic rings. The molecule has 1 amide bonds. The minimum absolute atomic E-state index is 0.109. The number of nitrogens with one attached hydrogen (secondary N) is 1. The highest BCUT2D eigenvalue weighted by atomic mass is 32.2. The zero-order chi connectivity index (χ0) is 11.5. The van der Waals surface area contributed by atoms with Gasteiger partial charge in [-0.15, -0.1) is 11.8 Å². The van der Waals surface area contributed by atoms with E-state index < -0.39 is 0 Å². The van der Waals surface area contributed by atoms with Crippen molar-refractivity contribution < 1.29 is 9.18 Å². The van der Waals surface area contributed by atoms with Gasteiger partial charge in [0.05, 0.1) is 0 Å². The third-order valence-corrected chi connectivity index (χ3v) is 3.75. The van der Waals surface area contributed by atoms with Gasteiger partial charge in [0.2, 0.25) is 5.91 Å². The lowest BCUT2D eigenvalue weighted by atomic mass is 10.2. The van der Waals surface area contributed by atoms with Crippen LogP contribution in [0.15, 0.2) is 23.1 Å². The summed E-state index contributed by atoms with van der Waals surface area (Å²) in [6.07, 6.45) is 1.47. The Morgan fingerprint density at radius 3 is 3.00 bits per heavy atom. The number of nitrogen functional groups attached to an aromatic ring is 1. The molecule has 0 aromatic heterocycles. The van der Waals surface area contributed by atoms with Gasteiger partial charge in [-0.3, -0.25) is 4.79 Å². The van der Waals surface area contributed by atoms with E-state index in [-0.39, 0.29) is 17.8 Å². The van der Waals surface area contributed by atoms with Gasteiger partial charge < -0.3 is 11.1 Å². The summed E-state index contributed by atoms with van der Waals surface area (Å²) in [4.78, 5) is 11.8. The van der Waals surface area contributed by atoms with Crippen LogP contribution in [-0.2, 0) is 4.79 Å². The first-order valence-electron chi connectivity index (χ1n) is 5.12. The summed E-state index contributed by atoms with van der Waals surface area (Å²) in [6, 6.07) is 4.59. The molecule has 1 atom stereocenters. The number of amides is 1. The highest BCUT2D eigenvalue weighted by molar-refractivity contribution is 7.99. The van der Waals surface area contributed by atoms with Gasteiger partial charge in [0.15, 0.2) is 0 Å². The predicted molar refractivity (Wildman–Crippen MR) is 62.7 cm³/mol. The van der Waals surface area contributed by atoms with Crippen LogP contribution in [0.2, 0.25) is 0 Å². The van der Waals surface area contributed by atoms with Crippen molar-refractivity contribution in [3.05, 3.63) is 24.0 Å². The largest absolute Gasteiger partial charge is 0.398 e. The number of rotatable bonds is 3. The van der Waals surface area contributed by atoms with E-state index in [9.17, 15) is 9.18 Å². The number of carbonyl (C=O) groups excluding carboxylic acids is 1. The van der Waals surface area contributed by atoms with Gasteiger partial charge in [-0.05, 0) is 24.6 Å². The smallest absolute Gasteiger partial charge is 0.220 e. The summed E-state index contributed by atoms with van der Waals surface area (Å²) in [6.45, 7) is 0. The van der Waals surface area contributed by atoms with Crippen LogP contribution in [0.25, 0.3) is 0 Å². The summed E-state index contributed by atoms with van der Waals surface area (Å²) in [5.41, 5.74) is 6.14. The highest BCUT2D eigenvalue weighted by Gasteiger charge is 2.20. The molecule has 5 heteroatoms. The molecule has 0 saturated carbocycles. The van der Waals surface area contributed by atoms with Gasteiger partial charge in [0, 0.05) is 28.8 Å².